The minimum atomic E-state index is -0.451. The van der Waals surface area contributed by atoms with Gasteiger partial charge in [0.2, 0.25) is 5.91 Å². The third kappa shape index (κ3) is 4.29. The lowest BCUT2D eigenvalue weighted by molar-refractivity contribution is -0.126. The number of hydrogen-bond donors (Lipinski definition) is 1. The molecule has 0 bridgehead atoms. The number of para-hydroxylation sites is 1. The van der Waals surface area contributed by atoms with Gasteiger partial charge in [-0.05, 0) is 49.2 Å². The van der Waals surface area contributed by atoms with Crippen LogP contribution in [0.1, 0.15) is 36.8 Å². The fourth-order valence-corrected chi connectivity index (χ4v) is 4.96. The van der Waals surface area contributed by atoms with E-state index < -0.39 is 5.41 Å². The smallest absolute Gasteiger partial charge is 0.230 e. The van der Waals surface area contributed by atoms with Crippen molar-refractivity contribution >= 4 is 23.2 Å². The van der Waals surface area contributed by atoms with E-state index in [0.29, 0.717) is 11.6 Å². The molecule has 1 heterocycles. The van der Waals surface area contributed by atoms with Crippen LogP contribution >= 0.6 is 11.6 Å². The van der Waals surface area contributed by atoms with Crippen molar-refractivity contribution in [2.45, 2.75) is 37.6 Å². The van der Waals surface area contributed by atoms with Gasteiger partial charge < -0.3 is 15.1 Å². The van der Waals surface area contributed by atoms with Gasteiger partial charge in [-0.15, -0.1) is 0 Å². The SMILES string of the molecule is CN1CCN(c2ccccc2CNC(=O)C2(c3cccc(Cl)c3)CCCC2)CC1. The molecule has 4 rings (SSSR count). The first-order valence-electron chi connectivity index (χ1n) is 10.6. The third-order valence-electron chi connectivity index (χ3n) is 6.54. The predicted molar refractivity (Wildman–Crippen MR) is 120 cm³/mol. The van der Waals surface area contributed by atoms with Gasteiger partial charge in [-0.1, -0.05) is 54.8 Å². The Morgan fingerprint density at radius 1 is 1.03 bits per heavy atom. The predicted octanol–water partition coefficient (Wildman–Crippen LogP) is 4.22. The monoisotopic (exact) mass is 411 g/mol. The van der Waals surface area contributed by atoms with Crippen LogP contribution in [-0.4, -0.2) is 44.0 Å². The zero-order valence-electron chi connectivity index (χ0n) is 17.2. The van der Waals surface area contributed by atoms with Gasteiger partial charge in [0.05, 0.1) is 5.41 Å². The highest BCUT2D eigenvalue weighted by Gasteiger charge is 2.42. The minimum Gasteiger partial charge on any atom is -0.369 e. The molecule has 2 aromatic carbocycles. The number of benzene rings is 2. The Hall–Kier alpha value is -2.04. The molecule has 2 aliphatic rings. The van der Waals surface area contributed by atoms with Gasteiger partial charge in [0.25, 0.3) is 0 Å². The molecule has 0 unspecified atom stereocenters. The number of likely N-dealkylation sites (N-methyl/N-ethyl adjacent to an activating group) is 1. The number of halogens is 1. The zero-order chi connectivity index (χ0) is 20.3. The lowest BCUT2D eigenvalue weighted by atomic mass is 9.78. The van der Waals surface area contributed by atoms with Crippen molar-refractivity contribution < 1.29 is 4.79 Å². The van der Waals surface area contributed by atoms with E-state index in [1.807, 2.05) is 18.2 Å². The number of piperazine rings is 1. The van der Waals surface area contributed by atoms with Gasteiger partial charge in [0.1, 0.15) is 0 Å². The number of amides is 1. The molecule has 1 saturated carbocycles. The second kappa shape index (κ2) is 8.76. The number of anilines is 1. The molecule has 0 atom stereocenters. The molecular weight excluding hydrogens is 382 g/mol. The second-order valence-corrected chi connectivity index (χ2v) is 8.84. The average Bonchev–Trinajstić information content (AvgIpc) is 3.24. The van der Waals surface area contributed by atoms with Crippen molar-refractivity contribution in [3.05, 3.63) is 64.7 Å². The van der Waals surface area contributed by atoms with E-state index in [-0.39, 0.29) is 5.91 Å². The first-order chi connectivity index (χ1) is 14.1. The average molecular weight is 412 g/mol. The van der Waals surface area contributed by atoms with Crippen molar-refractivity contribution in [3.8, 4) is 0 Å². The van der Waals surface area contributed by atoms with Gasteiger partial charge in [-0.2, -0.15) is 0 Å². The van der Waals surface area contributed by atoms with Crippen LogP contribution in [0.2, 0.25) is 5.02 Å². The maximum Gasteiger partial charge on any atom is 0.230 e. The molecule has 1 amide bonds. The standard InChI is InChI=1S/C24H30ClN3O/c1-27-13-15-28(16-14-27)22-10-3-2-7-19(22)18-26-23(29)24(11-4-5-12-24)20-8-6-9-21(25)17-20/h2-3,6-10,17H,4-5,11-16,18H2,1H3,(H,26,29). The number of rotatable bonds is 5. The van der Waals surface area contributed by atoms with Crippen LogP contribution in [0.25, 0.3) is 0 Å². The summed E-state index contributed by atoms with van der Waals surface area (Å²) in [6, 6.07) is 16.3. The summed E-state index contributed by atoms with van der Waals surface area (Å²) in [4.78, 5) is 18.2. The maximum atomic E-state index is 13.4. The normalized spacial score (nSPS) is 19.3. The van der Waals surface area contributed by atoms with E-state index in [0.717, 1.165) is 57.4 Å². The Morgan fingerprint density at radius 3 is 2.48 bits per heavy atom. The van der Waals surface area contributed by atoms with Crippen LogP contribution in [0.3, 0.4) is 0 Å². The fraction of sp³-hybridized carbons (Fsp3) is 0.458. The molecule has 5 heteroatoms. The largest absolute Gasteiger partial charge is 0.369 e. The van der Waals surface area contributed by atoms with E-state index in [2.05, 4.69) is 52.5 Å². The Kier molecular flexibility index (Phi) is 6.12. The van der Waals surface area contributed by atoms with Crippen molar-refractivity contribution in [2.75, 3.05) is 38.1 Å². The molecule has 1 saturated heterocycles. The molecule has 154 valence electrons. The molecule has 0 radical (unpaired) electrons. The van der Waals surface area contributed by atoms with E-state index in [4.69, 9.17) is 11.6 Å². The molecule has 0 spiro atoms. The van der Waals surface area contributed by atoms with Gasteiger partial charge in [-0.3, -0.25) is 4.79 Å². The van der Waals surface area contributed by atoms with Gasteiger partial charge in [0.15, 0.2) is 0 Å². The summed E-state index contributed by atoms with van der Waals surface area (Å²) in [5.74, 6) is 0.130. The first kappa shape index (κ1) is 20.2. The molecule has 2 aromatic rings. The fourth-order valence-electron chi connectivity index (χ4n) is 4.77. The van der Waals surface area contributed by atoms with Crippen molar-refractivity contribution in [2.24, 2.45) is 0 Å². The number of hydrogen-bond acceptors (Lipinski definition) is 3. The zero-order valence-corrected chi connectivity index (χ0v) is 17.9. The van der Waals surface area contributed by atoms with Crippen molar-refractivity contribution in [1.82, 2.24) is 10.2 Å². The van der Waals surface area contributed by atoms with E-state index in [1.54, 1.807) is 0 Å². The Morgan fingerprint density at radius 2 is 1.76 bits per heavy atom. The molecule has 1 aliphatic heterocycles. The molecule has 2 fully saturated rings. The highest BCUT2D eigenvalue weighted by molar-refractivity contribution is 6.30. The van der Waals surface area contributed by atoms with Crippen molar-refractivity contribution in [1.29, 1.82) is 0 Å². The number of nitrogens with one attached hydrogen (secondary N) is 1. The van der Waals surface area contributed by atoms with Gasteiger partial charge >= 0.3 is 0 Å². The minimum absolute atomic E-state index is 0.130. The lowest BCUT2D eigenvalue weighted by Gasteiger charge is -2.35. The second-order valence-electron chi connectivity index (χ2n) is 8.40. The molecule has 4 nitrogen and oxygen atoms in total. The van der Waals surface area contributed by atoms with Crippen LogP contribution in [0.5, 0.6) is 0 Å². The number of carbonyl (C=O) groups excluding carboxylic acids is 1. The lowest BCUT2D eigenvalue weighted by Crippen LogP contribution is -2.45. The van der Waals surface area contributed by atoms with Crippen LogP contribution in [0.15, 0.2) is 48.5 Å². The molecular formula is C24H30ClN3O. The highest BCUT2D eigenvalue weighted by Crippen LogP contribution is 2.42. The van der Waals surface area contributed by atoms with Gasteiger partial charge in [0, 0.05) is 43.4 Å². The Bertz CT molecular complexity index is 855. The number of nitrogens with zero attached hydrogens (tertiary/aromatic N) is 2. The molecule has 29 heavy (non-hydrogen) atoms. The van der Waals surface area contributed by atoms with E-state index in [9.17, 15) is 4.79 Å². The quantitative estimate of drug-likeness (QED) is 0.800. The first-order valence-corrected chi connectivity index (χ1v) is 11.0. The Labute approximate surface area is 178 Å². The summed E-state index contributed by atoms with van der Waals surface area (Å²) in [6.07, 6.45) is 3.94. The summed E-state index contributed by atoms with van der Waals surface area (Å²) < 4.78 is 0. The number of carbonyl (C=O) groups is 1. The van der Waals surface area contributed by atoms with Crippen LogP contribution in [0, 0.1) is 0 Å². The van der Waals surface area contributed by atoms with E-state index >= 15 is 0 Å². The third-order valence-corrected chi connectivity index (χ3v) is 6.78. The van der Waals surface area contributed by atoms with Crippen LogP contribution < -0.4 is 10.2 Å². The summed E-state index contributed by atoms with van der Waals surface area (Å²) in [5.41, 5.74) is 3.02. The topological polar surface area (TPSA) is 35.6 Å². The van der Waals surface area contributed by atoms with E-state index in [1.165, 1.54) is 11.3 Å². The molecule has 1 aliphatic carbocycles. The maximum absolute atomic E-state index is 13.4. The summed E-state index contributed by atoms with van der Waals surface area (Å²) >= 11 is 6.24. The van der Waals surface area contributed by atoms with Crippen LogP contribution in [-0.2, 0) is 16.8 Å². The Balaban J connectivity index is 1.51. The van der Waals surface area contributed by atoms with Crippen molar-refractivity contribution in [3.63, 3.8) is 0 Å². The summed E-state index contributed by atoms with van der Waals surface area (Å²) in [5, 5.41) is 3.97. The van der Waals surface area contributed by atoms with Crippen LogP contribution in [0.4, 0.5) is 5.69 Å². The molecule has 0 aromatic heterocycles. The summed E-state index contributed by atoms with van der Waals surface area (Å²) in [6.45, 7) is 4.74. The highest BCUT2D eigenvalue weighted by atomic mass is 35.5. The van der Waals surface area contributed by atoms with Gasteiger partial charge in [-0.25, -0.2) is 0 Å². The molecule has 1 N–H and O–H groups in total. The summed E-state index contributed by atoms with van der Waals surface area (Å²) in [7, 11) is 2.17.